The molecule has 0 aliphatic rings. The molecule has 9 N–H and O–H groups in total. The number of aromatic hydroxyl groups is 1. The van der Waals surface area contributed by atoms with Crippen molar-refractivity contribution in [1.29, 1.82) is 0 Å². The third-order valence-corrected chi connectivity index (χ3v) is 6.17. The molecule has 0 bridgehead atoms. The molecular weight excluding hydrogens is 512 g/mol. The third kappa shape index (κ3) is 9.74. The monoisotopic (exact) mass is 546 g/mol. The maximum atomic E-state index is 13.2. The van der Waals surface area contributed by atoms with Crippen molar-refractivity contribution in [2.75, 3.05) is 0 Å². The molecule has 1 heterocycles. The van der Waals surface area contributed by atoms with Crippen LogP contribution in [-0.4, -0.2) is 79.1 Å². The lowest BCUT2D eigenvalue weighted by Crippen LogP contribution is -2.58. The van der Waals surface area contributed by atoms with Crippen LogP contribution in [0.25, 0.3) is 0 Å². The summed E-state index contributed by atoms with van der Waals surface area (Å²) in [5, 5.41) is 35.5. The molecule has 0 saturated carbocycles. The van der Waals surface area contributed by atoms with Crippen molar-refractivity contribution in [2.24, 2.45) is 11.7 Å². The number of nitrogens with two attached hydrogens (primary N) is 1. The largest absolute Gasteiger partial charge is 0.508 e. The highest BCUT2D eigenvalue weighted by Crippen LogP contribution is 2.12. The van der Waals surface area contributed by atoms with Crippen LogP contribution in [0.2, 0.25) is 0 Å². The smallest absolute Gasteiger partial charge is 0.326 e. The Bertz CT molecular complexity index is 1140. The highest BCUT2D eigenvalue weighted by atomic mass is 16.4. The minimum atomic E-state index is -1.65. The number of phenolic OH excluding ortho intramolecular Hbond substituents is 1. The van der Waals surface area contributed by atoms with E-state index in [0.29, 0.717) is 17.7 Å². The second kappa shape index (κ2) is 14.5. The normalized spacial score (nSPS) is 14.7. The Balaban J connectivity index is 2.20. The van der Waals surface area contributed by atoms with Gasteiger partial charge in [0, 0.05) is 24.7 Å². The van der Waals surface area contributed by atoms with Crippen LogP contribution in [0.3, 0.4) is 0 Å². The summed E-state index contributed by atoms with van der Waals surface area (Å²) >= 11 is 0. The predicted octanol–water partition coefficient (Wildman–Crippen LogP) is -0.712. The van der Waals surface area contributed by atoms with Gasteiger partial charge in [-0.05, 0) is 23.6 Å². The molecule has 0 fully saturated rings. The molecule has 1 aromatic carbocycles. The summed E-state index contributed by atoms with van der Waals surface area (Å²) in [6.07, 6.45) is 2.34. The molecule has 0 spiro atoms. The van der Waals surface area contributed by atoms with Gasteiger partial charge in [-0.3, -0.25) is 19.2 Å². The molecule has 212 valence electrons. The van der Waals surface area contributed by atoms with Crippen molar-refractivity contribution < 1.29 is 39.3 Å². The highest BCUT2D eigenvalue weighted by Gasteiger charge is 2.32. The van der Waals surface area contributed by atoms with Crippen LogP contribution in [-0.2, 0) is 36.8 Å². The molecule has 39 heavy (non-hydrogen) atoms. The average Bonchev–Trinajstić information content (AvgIpc) is 3.40. The summed E-state index contributed by atoms with van der Waals surface area (Å²) in [4.78, 5) is 68.8. The van der Waals surface area contributed by atoms with E-state index in [9.17, 15) is 39.3 Å². The van der Waals surface area contributed by atoms with Crippen molar-refractivity contribution in [3.05, 3.63) is 48.0 Å². The van der Waals surface area contributed by atoms with E-state index in [2.05, 4.69) is 25.9 Å². The Labute approximate surface area is 224 Å². The van der Waals surface area contributed by atoms with Crippen molar-refractivity contribution in [3.8, 4) is 5.75 Å². The lowest BCUT2D eigenvalue weighted by Gasteiger charge is -2.25. The zero-order valence-electron chi connectivity index (χ0n) is 21.6. The number of amides is 3. The number of aromatic amines is 1. The Morgan fingerprint density at radius 2 is 1.51 bits per heavy atom. The first kappa shape index (κ1) is 30.8. The zero-order valence-corrected chi connectivity index (χ0v) is 21.6. The predicted molar refractivity (Wildman–Crippen MR) is 137 cm³/mol. The number of aromatic nitrogens is 2. The molecule has 1 aromatic heterocycles. The van der Waals surface area contributed by atoms with Crippen molar-refractivity contribution in [3.63, 3.8) is 0 Å². The minimum absolute atomic E-state index is 0.0271. The first-order valence-electron chi connectivity index (χ1n) is 12.3. The Kier molecular flexibility index (Phi) is 11.4. The number of H-pyrrole nitrogens is 1. The molecule has 0 radical (unpaired) electrons. The van der Waals surface area contributed by atoms with E-state index in [-0.39, 0.29) is 24.5 Å². The van der Waals surface area contributed by atoms with Gasteiger partial charge in [-0.1, -0.05) is 32.4 Å². The lowest BCUT2D eigenvalue weighted by atomic mass is 9.98. The van der Waals surface area contributed by atoms with Gasteiger partial charge in [0.05, 0.1) is 18.8 Å². The van der Waals surface area contributed by atoms with Crippen LogP contribution < -0.4 is 21.7 Å². The van der Waals surface area contributed by atoms with E-state index in [4.69, 9.17) is 5.73 Å². The number of aliphatic carboxylic acids is 2. The molecule has 0 aliphatic carbocycles. The van der Waals surface area contributed by atoms with E-state index in [0.717, 1.165) is 0 Å². The molecule has 0 aliphatic heterocycles. The van der Waals surface area contributed by atoms with Gasteiger partial charge in [0.1, 0.15) is 23.9 Å². The number of carboxylic acids is 2. The highest BCUT2D eigenvalue weighted by molar-refractivity contribution is 5.95. The topological polar surface area (TPSA) is 237 Å². The molecule has 14 nitrogen and oxygen atoms in total. The first-order valence-corrected chi connectivity index (χ1v) is 12.3. The first-order chi connectivity index (χ1) is 18.4. The fraction of sp³-hybridized carbons (Fsp3) is 0.440. The van der Waals surface area contributed by atoms with Crippen LogP contribution in [0.4, 0.5) is 0 Å². The zero-order chi connectivity index (χ0) is 29.1. The van der Waals surface area contributed by atoms with Crippen LogP contribution in [0.5, 0.6) is 5.75 Å². The van der Waals surface area contributed by atoms with Crippen molar-refractivity contribution >= 4 is 29.7 Å². The van der Waals surface area contributed by atoms with Gasteiger partial charge in [0.15, 0.2) is 0 Å². The number of rotatable bonds is 15. The summed E-state index contributed by atoms with van der Waals surface area (Å²) in [6, 6.07) is 0.382. The number of hydrogen-bond acceptors (Lipinski definition) is 8. The van der Waals surface area contributed by atoms with E-state index in [1.807, 2.05) is 6.92 Å². The molecule has 5 unspecified atom stereocenters. The van der Waals surface area contributed by atoms with Crippen molar-refractivity contribution in [2.45, 2.75) is 63.7 Å². The quantitative estimate of drug-likeness (QED) is 0.140. The fourth-order valence-electron chi connectivity index (χ4n) is 3.60. The summed E-state index contributed by atoms with van der Waals surface area (Å²) in [5.41, 5.74) is 6.95. The molecule has 14 heteroatoms. The van der Waals surface area contributed by atoms with Crippen molar-refractivity contribution in [1.82, 2.24) is 25.9 Å². The third-order valence-electron chi connectivity index (χ3n) is 6.17. The molecule has 3 amide bonds. The van der Waals surface area contributed by atoms with Crippen LogP contribution in [0, 0.1) is 5.92 Å². The van der Waals surface area contributed by atoms with E-state index < -0.39 is 60.2 Å². The van der Waals surface area contributed by atoms with Crippen LogP contribution in [0.15, 0.2) is 36.8 Å². The van der Waals surface area contributed by atoms with Gasteiger partial charge in [-0.15, -0.1) is 0 Å². The van der Waals surface area contributed by atoms with E-state index in [1.54, 1.807) is 6.92 Å². The second-order valence-electron chi connectivity index (χ2n) is 9.18. The minimum Gasteiger partial charge on any atom is -0.508 e. The number of nitrogens with one attached hydrogen (secondary N) is 4. The van der Waals surface area contributed by atoms with Gasteiger partial charge in [0.2, 0.25) is 17.7 Å². The molecule has 2 rings (SSSR count). The number of hydrogen-bond donors (Lipinski definition) is 8. The van der Waals surface area contributed by atoms with Crippen LogP contribution >= 0.6 is 0 Å². The lowest BCUT2D eigenvalue weighted by molar-refractivity contribution is -0.143. The maximum Gasteiger partial charge on any atom is 0.326 e. The summed E-state index contributed by atoms with van der Waals surface area (Å²) < 4.78 is 0. The molecule has 0 saturated heterocycles. The van der Waals surface area contributed by atoms with E-state index >= 15 is 0 Å². The van der Waals surface area contributed by atoms with Gasteiger partial charge in [0.25, 0.3) is 0 Å². The number of carbonyl (C=O) groups is 5. The summed E-state index contributed by atoms with van der Waals surface area (Å²) in [5.74, 6) is -5.55. The molecule has 2 aromatic rings. The molecule has 5 atom stereocenters. The summed E-state index contributed by atoms with van der Waals surface area (Å²) in [7, 11) is 0. The van der Waals surface area contributed by atoms with Gasteiger partial charge in [-0.25, -0.2) is 9.78 Å². The number of carbonyl (C=O) groups excluding carboxylic acids is 3. The second-order valence-corrected chi connectivity index (χ2v) is 9.18. The Morgan fingerprint density at radius 3 is 2.05 bits per heavy atom. The van der Waals surface area contributed by atoms with E-state index in [1.165, 1.54) is 36.8 Å². The van der Waals surface area contributed by atoms with Gasteiger partial charge in [-0.2, -0.15) is 0 Å². The fourth-order valence-corrected chi connectivity index (χ4v) is 3.60. The van der Waals surface area contributed by atoms with Gasteiger partial charge >= 0.3 is 11.9 Å². The number of carboxylic acid groups (broad SMARTS) is 2. The molecular formula is C25H34N6O8. The number of benzene rings is 1. The number of imidazole rings is 1. The maximum absolute atomic E-state index is 13.2. The average molecular weight is 547 g/mol. The standard InChI is InChI=1S/C25H34N6O8/c1-3-13(2)21(26)24(37)30-17(9-15-11-27-12-28-15)22(35)29-18(10-20(33)34)23(36)31-19(25(38)39)8-14-4-6-16(32)7-5-14/h4-7,11-13,17-19,21,32H,3,8-10,26H2,1-2H3,(H,27,28)(H,29,35)(H,30,37)(H,31,36)(H,33,34)(H,38,39). The summed E-state index contributed by atoms with van der Waals surface area (Å²) in [6.45, 7) is 3.63. The Hall–Kier alpha value is -4.46. The van der Waals surface area contributed by atoms with Gasteiger partial charge < -0.3 is 42.0 Å². The number of phenols is 1. The van der Waals surface area contributed by atoms with Crippen LogP contribution in [0.1, 0.15) is 37.9 Å². The SMILES string of the molecule is CCC(C)C(N)C(=O)NC(Cc1cnc[nH]1)C(=O)NC(CC(=O)O)C(=O)NC(Cc1ccc(O)cc1)C(=O)O. The Morgan fingerprint density at radius 1 is 0.923 bits per heavy atom. The number of nitrogens with zero attached hydrogens (tertiary/aromatic N) is 1.